The summed E-state index contributed by atoms with van der Waals surface area (Å²) in [6, 6.07) is 0.977. The van der Waals surface area contributed by atoms with Crippen LogP contribution in [0.3, 0.4) is 0 Å². The van der Waals surface area contributed by atoms with Gasteiger partial charge in [-0.15, -0.1) is 11.8 Å². The van der Waals surface area contributed by atoms with E-state index in [2.05, 4.69) is 18.8 Å². The lowest BCUT2D eigenvalue weighted by atomic mass is 10.3. The summed E-state index contributed by atoms with van der Waals surface area (Å²) in [5.41, 5.74) is 0. The Kier molecular flexibility index (Phi) is 8.13. The average Bonchev–Trinajstić information content (AvgIpc) is 1.89. The van der Waals surface area contributed by atoms with E-state index in [9.17, 15) is 0 Å². The van der Waals surface area contributed by atoms with E-state index in [-0.39, 0.29) is 8.83 Å². The molecule has 0 aliphatic carbocycles. The van der Waals surface area contributed by atoms with Gasteiger partial charge < -0.3 is 0 Å². The first-order chi connectivity index (χ1) is 4.41. The highest BCUT2D eigenvalue weighted by molar-refractivity contribution is 6.94. The third kappa shape index (κ3) is 8.07. The summed E-state index contributed by atoms with van der Waals surface area (Å²) >= 11 is 5.55. The van der Waals surface area contributed by atoms with Gasteiger partial charge in [-0.1, -0.05) is 13.3 Å². The third-order valence-electron chi connectivity index (χ3n) is 1.000. The largest absolute Gasteiger partial charge is 0.175 e. The molecular formula is C7H13ClSi. The Hall–Kier alpha value is 0.0669. The summed E-state index contributed by atoms with van der Waals surface area (Å²) in [6.07, 6.45) is 3.53. The molecule has 0 spiro atoms. The minimum atomic E-state index is -0.322. The first-order valence-electron chi connectivity index (χ1n) is 3.43. The van der Waals surface area contributed by atoms with Crippen molar-refractivity contribution >= 4 is 19.9 Å². The molecule has 0 aromatic rings. The summed E-state index contributed by atoms with van der Waals surface area (Å²) < 4.78 is 0. The standard InChI is InChI=1S/C7H13ClSi/c1-2-3-4-5-6-7-9-8/h2-4,7,9H2,1H3. The van der Waals surface area contributed by atoms with E-state index >= 15 is 0 Å². The second-order valence-corrected chi connectivity index (χ2v) is 3.91. The maximum absolute atomic E-state index is 5.55. The Morgan fingerprint density at radius 2 is 2.22 bits per heavy atom. The molecule has 9 heavy (non-hydrogen) atoms. The molecule has 0 nitrogen and oxygen atoms in total. The Bertz CT molecular complexity index is 101. The van der Waals surface area contributed by atoms with E-state index in [0.29, 0.717) is 0 Å². The van der Waals surface area contributed by atoms with Crippen molar-refractivity contribution in [1.29, 1.82) is 0 Å². The SMILES string of the molecule is CCCCC#CC[SiH2]Cl. The van der Waals surface area contributed by atoms with Crippen molar-refractivity contribution in [3.63, 3.8) is 0 Å². The second kappa shape index (κ2) is 8.07. The van der Waals surface area contributed by atoms with E-state index in [4.69, 9.17) is 11.1 Å². The van der Waals surface area contributed by atoms with Crippen LogP contribution in [-0.4, -0.2) is 8.83 Å². The molecule has 0 aromatic heterocycles. The lowest BCUT2D eigenvalue weighted by Crippen LogP contribution is -1.71. The van der Waals surface area contributed by atoms with E-state index in [1.54, 1.807) is 0 Å². The molecule has 0 aliphatic heterocycles. The van der Waals surface area contributed by atoms with Crippen molar-refractivity contribution in [2.24, 2.45) is 0 Å². The predicted molar refractivity (Wildman–Crippen MR) is 46.5 cm³/mol. The van der Waals surface area contributed by atoms with E-state index in [1.165, 1.54) is 12.8 Å². The molecule has 0 aliphatic rings. The highest BCUT2D eigenvalue weighted by Gasteiger charge is 1.76. The topological polar surface area (TPSA) is 0 Å². The lowest BCUT2D eigenvalue weighted by molar-refractivity contribution is 0.828. The third-order valence-corrected chi connectivity index (χ3v) is 2.01. The normalized spacial score (nSPS) is 9.56. The van der Waals surface area contributed by atoms with Gasteiger partial charge in [0.15, 0.2) is 0 Å². The highest BCUT2D eigenvalue weighted by atomic mass is 35.6. The van der Waals surface area contributed by atoms with Crippen LogP contribution in [-0.2, 0) is 0 Å². The lowest BCUT2D eigenvalue weighted by Gasteiger charge is -1.82. The second-order valence-electron chi connectivity index (χ2n) is 1.90. The van der Waals surface area contributed by atoms with Crippen LogP contribution in [0.25, 0.3) is 0 Å². The first kappa shape index (κ1) is 9.07. The van der Waals surface area contributed by atoms with Crippen LogP contribution in [0.5, 0.6) is 0 Å². The number of unbranched alkanes of at least 4 members (excludes halogenated alkanes) is 2. The molecule has 0 heterocycles. The molecule has 0 amide bonds. The molecule has 0 unspecified atom stereocenters. The zero-order valence-corrected chi connectivity index (χ0v) is 8.08. The molecule has 0 bridgehead atoms. The number of hydrogen-bond acceptors (Lipinski definition) is 0. The molecule has 0 rings (SSSR count). The van der Waals surface area contributed by atoms with Crippen LogP contribution in [0.4, 0.5) is 0 Å². The highest BCUT2D eigenvalue weighted by Crippen LogP contribution is 1.90. The van der Waals surface area contributed by atoms with Crippen LogP contribution in [0.2, 0.25) is 6.04 Å². The van der Waals surface area contributed by atoms with Gasteiger partial charge in [0.2, 0.25) is 0 Å². The van der Waals surface area contributed by atoms with Crippen LogP contribution in [0, 0.1) is 11.8 Å². The van der Waals surface area contributed by atoms with Crippen molar-refractivity contribution in [3.05, 3.63) is 0 Å². The molecule has 0 atom stereocenters. The van der Waals surface area contributed by atoms with Crippen molar-refractivity contribution in [2.45, 2.75) is 32.2 Å². The van der Waals surface area contributed by atoms with Crippen molar-refractivity contribution in [1.82, 2.24) is 0 Å². The average molecular weight is 161 g/mol. The Labute approximate surface area is 64.5 Å². The molecule has 0 saturated heterocycles. The van der Waals surface area contributed by atoms with Crippen LogP contribution in [0.1, 0.15) is 26.2 Å². The van der Waals surface area contributed by atoms with Crippen LogP contribution < -0.4 is 0 Å². The van der Waals surface area contributed by atoms with E-state index in [1.807, 2.05) is 0 Å². The van der Waals surface area contributed by atoms with E-state index in [0.717, 1.165) is 12.5 Å². The van der Waals surface area contributed by atoms with Crippen molar-refractivity contribution in [2.75, 3.05) is 0 Å². The fourth-order valence-corrected chi connectivity index (χ4v) is 1.04. The van der Waals surface area contributed by atoms with Crippen molar-refractivity contribution < 1.29 is 0 Å². The first-order valence-corrected chi connectivity index (χ1v) is 6.57. The van der Waals surface area contributed by atoms with Crippen LogP contribution >= 0.6 is 11.1 Å². The summed E-state index contributed by atoms with van der Waals surface area (Å²) in [5, 5.41) is 0. The van der Waals surface area contributed by atoms with Gasteiger partial charge in [0, 0.05) is 12.5 Å². The maximum atomic E-state index is 5.55. The minimum Gasteiger partial charge on any atom is -0.175 e. The molecule has 0 aromatic carbocycles. The fourth-order valence-electron chi connectivity index (χ4n) is 0.489. The molecule has 52 valence electrons. The Morgan fingerprint density at radius 3 is 2.78 bits per heavy atom. The van der Waals surface area contributed by atoms with Crippen LogP contribution in [0.15, 0.2) is 0 Å². The minimum absolute atomic E-state index is 0.322. The quantitative estimate of drug-likeness (QED) is 0.256. The Morgan fingerprint density at radius 1 is 1.44 bits per heavy atom. The molecule has 0 saturated carbocycles. The monoisotopic (exact) mass is 160 g/mol. The van der Waals surface area contributed by atoms with E-state index < -0.39 is 0 Å². The summed E-state index contributed by atoms with van der Waals surface area (Å²) in [7, 11) is -0.322. The molecular weight excluding hydrogens is 148 g/mol. The molecule has 2 heteroatoms. The predicted octanol–water partition coefficient (Wildman–Crippen LogP) is 1.92. The summed E-state index contributed by atoms with van der Waals surface area (Å²) in [5.74, 6) is 6.14. The summed E-state index contributed by atoms with van der Waals surface area (Å²) in [6.45, 7) is 2.18. The summed E-state index contributed by atoms with van der Waals surface area (Å²) in [4.78, 5) is 0. The smallest absolute Gasteiger partial charge is 0.137 e. The van der Waals surface area contributed by atoms with Gasteiger partial charge in [-0.3, -0.25) is 0 Å². The van der Waals surface area contributed by atoms with Gasteiger partial charge in [-0.25, -0.2) is 0 Å². The number of rotatable bonds is 3. The zero-order valence-electron chi connectivity index (χ0n) is 5.91. The molecule has 0 fully saturated rings. The molecule has 0 radical (unpaired) electrons. The van der Waals surface area contributed by atoms with Gasteiger partial charge in [0.25, 0.3) is 0 Å². The van der Waals surface area contributed by atoms with Gasteiger partial charge in [0.05, 0.1) is 0 Å². The molecule has 0 N–H and O–H groups in total. The number of halogens is 1. The maximum Gasteiger partial charge on any atom is 0.137 e. The van der Waals surface area contributed by atoms with Gasteiger partial charge in [-0.2, -0.15) is 11.1 Å². The fraction of sp³-hybridized carbons (Fsp3) is 0.714. The number of hydrogen-bond donors (Lipinski definition) is 0. The van der Waals surface area contributed by atoms with Crippen molar-refractivity contribution in [3.8, 4) is 11.8 Å². The van der Waals surface area contributed by atoms with Gasteiger partial charge in [-0.05, 0) is 6.42 Å². The zero-order chi connectivity index (χ0) is 6.95. The van der Waals surface area contributed by atoms with Gasteiger partial charge >= 0.3 is 0 Å². The van der Waals surface area contributed by atoms with Gasteiger partial charge in [0.1, 0.15) is 8.83 Å². The Balaban J connectivity index is 2.96.